The van der Waals surface area contributed by atoms with Crippen molar-refractivity contribution < 1.29 is 9.18 Å². The van der Waals surface area contributed by atoms with Gasteiger partial charge < -0.3 is 11.1 Å². The number of nitrogens with one attached hydrogen (secondary N) is 1. The number of nitrogen functional groups attached to an aromatic ring is 1. The fraction of sp³-hybridized carbons (Fsp3) is 0.304. The number of hydrogen-bond acceptors (Lipinski definition) is 4. The zero-order chi connectivity index (χ0) is 22.7. The first-order chi connectivity index (χ1) is 14.8. The van der Waals surface area contributed by atoms with E-state index in [1.165, 1.54) is 11.8 Å². The number of fused-ring (bicyclic) bond motifs is 1. The highest BCUT2D eigenvalue weighted by atomic mass is 35.5. The molecule has 1 aromatic heterocycles. The summed E-state index contributed by atoms with van der Waals surface area (Å²) in [4.78, 5) is 16.7. The van der Waals surface area contributed by atoms with Crippen LogP contribution in [0.5, 0.6) is 0 Å². The molecule has 0 saturated carbocycles. The molecule has 1 amide bonds. The molecule has 2 heterocycles. The van der Waals surface area contributed by atoms with Crippen molar-refractivity contribution >= 4 is 52.4 Å². The Balaban J connectivity index is 0.00000132. The lowest BCUT2D eigenvalue weighted by molar-refractivity contribution is -0.115. The van der Waals surface area contributed by atoms with Crippen LogP contribution in [0.3, 0.4) is 0 Å². The van der Waals surface area contributed by atoms with E-state index in [-0.39, 0.29) is 28.4 Å². The normalized spacial score (nSPS) is 16.5. The Hall–Kier alpha value is -2.02. The van der Waals surface area contributed by atoms with Gasteiger partial charge in [-0.15, -0.1) is 11.8 Å². The van der Waals surface area contributed by atoms with Gasteiger partial charge in [0.25, 0.3) is 0 Å². The second kappa shape index (κ2) is 10.1. The van der Waals surface area contributed by atoms with Gasteiger partial charge in [-0.05, 0) is 42.7 Å². The second-order valence-electron chi connectivity index (χ2n) is 7.00. The number of aromatic nitrogens is 1. The van der Waals surface area contributed by atoms with Crippen LogP contribution in [0.2, 0.25) is 0 Å². The quantitative estimate of drug-likeness (QED) is 0.461. The molecule has 1 aliphatic carbocycles. The van der Waals surface area contributed by atoms with E-state index in [0.717, 1.165) is 27.3 Å². The zero-order valence-electron chi connectivity index (χ0n) is 17.6. The molecule has 2 aromatic rings. The van der Waals surface area contributed by atoms with Crippen LogP contribution in [-0.2, 0) is 11.2 Å². The van der Waals surface area contributed by atoms with E-state index in [2.05, 4.69) is 10.3 Å². The van der Waals surface area contributed by atoms with Crippen molar-refractivity contribution in [1.29, 1.82) is 0 Å². The average molecular weight is 480 g/mol. The molecule has 1 atom stereocenters. The number of carbonyl (C=O) groups excluding carboxylic acids is 1. The van der Waals surface area contributed by atoms with Crippen molar-refractivity contribution in [3.63, 3.8) is 0 Å². The smallest absolute Gasteiger partial charge is 0.228 e. The Morgan fingerprint density at radius 2 is 1.94 bits per heavy atom. The zero-order valence-corrected chi connectivity index (χ0v) is 19.9. The maximum Gasteiger partial charge on any atom is 0.228 e. The van der Waals surface area contributed by atoms with Gasteiger partial charge in [-0.2, -0.15) is 0 Å². The number of carbonyl (C=O) groups is 1. The van der Waals surface area contributed by atoms with E-state index in [1.54, 1.807) is 6.20 Å². The molecule has 1 aromatic carbocycles. The summed E-state index contributed by atoms with van der Waals surface area (Å²) in [5.41, 5.74) is 10.3. The van der Waals surface area contributed by atoms with Crippen LogP contribution in [0.1, 0.15) is 39.2 Å². The predicted molar refractivity (Wildman–Crippen MR) is 129 cm³/mol. The Kier molecular flexibility index (Phi) is 7.68. The predicted octanol–water partition coefficient (Wildman–Crippen LogP) is 7.04. The van der Waals surface area contributed by atoms with E-state index in [4.69, 9.17) is 28.9 Å². The van der Waals surface area contributed by atoms with E-state index in [0.29, 0.717) is 29.3 Å². The summed E-state index contributed by atoms with van der Waals surface area (Å²) in [7, 11) is 0. The summed E-state index contributed by atoms with van der Waals surface area (Å²) in [5, 5.41) is 3.31. The van der Waals surface area contributed by atoms with Crippen molar-refractivity contribution in [3.05, 3.63) is 57.5 Å². The van der Waals surface area contributed by atoms with Gasteiger partial charge >= 0.3 is 0 Å². The molecule has 0 spiro atoms. The summed E-state index contributed by atoms with van der Waals surface area (Å²) >= 11 is 14.0. The van der Waals surface area contributed by atoms with Crippen molar-refractivity contribution in [2.45, 2.75) is 50.2 Å². The molecule has 0 radical (unpaired) electrons. The highest BCUT2D eigenvalue weighted by molar-refractivity contribution is 8.00. The molecule has 0 fully saturated rings. The largest absolute Gasteiger partial charge is 0.383 e. The van der Waals surface area contributed by atoms with E-state index in [1.807, 2.05) is 45.0 Å². The molecule has 8 heteroatoms. The van der Waals surface area contributed by atoms with Gasteiger partial charge in [-0.3, -0.25) is 4.79 Å². The van der Waals surface area contributed by atoms with Gasteiger partial charge in [0.15, 0.2) is 0 Å². The van der Waals surface area contributed by atoms with Gasteiger partial charge in [-0.1, -0.05) is 43.1 Å². The summed E-state index contributed by atoms with van der Waals surface area (Å²) in [5.74, 6) is 0.0452. The van der Waals surface area contributed by atoms with Gasteiger partial charge in [0, 0.05) is 39.7 Å². The third kappa shape index (κ3) is 5.08. The number of pyridine rings is 1. The number of allylic oxidation sites excluding steroid dienone is 3. The maximum atomic E-state index is 14.0. The summed E-state index contributed by atoms with van der Waals surface area (Å²) in [6.07, 6.45) is 2.75. The highest BCUT2D eigenvalue weighted by Gasteiger charge is 2.25. The van der Waals surface area contributed by atoms with Gasteiger partial charge in [0.1, 0.15) is 11.6 Å². The number of benzene rings is 1. The van der Waals surface area contributed by atoms with E-state index < -0.39 is 0 Å². The van der Waals surface area contributed by atoms with Crippen molar-refractivity contribution in [3.8, 4) is 11.1 Å². The maximum absolute atomic E-state index is 14.0. The Bertz CT molecular complexity index is 1080. The molecule has 0 bridgehead atoms. The summed E-state index contributed by atoms with van der Waals surface area (Å²) in [6.45, 7) is 5.92. The molecular formula is C23H24Cl2FN3OS. The van der Waals surface area contributed by atoms with Crippen molar-refractivity contribution in [1.82, 2.24) is 4.98 Å². The van der Waals surface area contributed by atoms with Crippen LogP contribution < -0.4 is 11.1 Å². The Morgan fingerprint density at radius 1 is 1.19 bits per heavy atom. The number of amides is 1. The monoisotopic (exact) mass is 479 g/mol. The second-order valence-corrected chi connectivity index (χ2v) is 9.22. The number of halogens is 3. The van der Waals surface area contributed by atoms with Gasteiger partial charge in [0.05, 0.1) is 16.3 Å². The lowest BCUT2D eigenvalue weighted by Gasteiger charge is -2.22. The van der Waals surface area contributed by atoms with Crippen molar-refractivity contribution in [2.75, 3.05) is 11.1 Å². The van der Waals surface area contributed by atoms with Crippen LogP contribution in [0, 0.1) is 0 Å². The molecule has 4 rings (SSSR count). The fourth-order valence-corrected chi connectivity index (χ4v) is 5.52. The number of nitrogens with zero attached hydrogens (tertiary/aromatic N) is 1. The van der Waals surface area contributed by atoms with Crippen LogP contribution in [0.15, 0.2) is 56.8 Å². The molecule has 31 heavy (non-hydrogen) atoms. The molecule has 0 saturated heterocycles. The third-order valence-electron chi connectivity index (χ3n) is 4.99. The first-order valence-corrected chi connectivity index (χ1v) is 11.8. The lowest BCUT2D eigenvalue weighted by Crippen LogP contribution is -2.09. The Labute approximate surface area is 196 Å². The minimum Gasteiger partial charge on any atom is -0.383 e. The minimum absolute atomic E-state index is 0.00699. The number of hydrogen-bond donors (Lipinski definition) is 2. The molecule has 1 aliphatic heterocycles. The Morgan fingerprint density at radius 3 is 2.68 bits per heavy atom. The van der Waals surface area contributed by atoms with Gasteiger partial charge in [-0.25, -0.2) is 9.37 Å². The van der Waals surface area contributed by atoms with Crippen LogP contribution in [-0.4, -0.2) is 16.1 Å². The molecule has 3 N–H and O–H groups in total. The first-order valence-electron chi connectivity index (χ1n) is 10.1. The third-order valence-corrected chi connectivity index (χ3v) is 6.96. The first kappa shape index (κ1) is 23.6. The fourth-order valence-electron chi connectivity index (χ4n) is 3.49. The number of anilines is 2. The van der Waals surface area contributed by atoms with E-state index >= 15 is 0 Å². The van der Waals surface area contributed by atoms with Crippen LogP contribution >= 0.6 is 35.0 Å². The SMILES string of the molecule is CC.CC(Sc1cc(-c2ccc3c(c2)CC(=O)N3)cnc1N)C1=C(Cl)CCC(F)=C1Cl. The topological polar surface area (TPSA) is 68.0 Å². The molecule has 1 unspecified atom stereocenters. The number of thioether (sulfide) groups is 1. The minimum atomic E-state index is -0.334. The standard InChI is InChI=1S/C21H18Cl2FN3OS.C2H6/c1-10(19-14(22)3-4-15(24)20(19)23)29-17-7-13(9-26-21(17)25)11-2-5-16-12(6-11)8-18(28)27-16;1-2/h2,5-7,9-10H,3-4,8H2,1H3,(H2,25,26)(H,27,28);1-2H3. The lowest BCUT2D eigenvalue weighted by atomic mass is 10.0. The van der Waals surface area contributed by atoms with Crippen LogP contribution in [0.25, 0.3) is 11.1 Å². The molecule has 4 nitrogen and oxygen atoms in total. The average Bonchev–Trinajstić information content (AvgIpc) is 3.13. The van der Waals surface area contributed by atoms with E-state index in [9.17, 15) is 9.18 Å². The number of nitrogens with two attached hydrogens (primary N) is 1. The van der Waals surface area contributed by atoms with Crippen molar-refractivity contribution in [2.24, 2.45) is 0 Å². The van der Waals surface area contributed by atoms with Gasteiger partial charge in [0.2, 0.25) is 5.91 Å². The molecule has 2 aliphatic rings. The van der Waals surface area contributed by atoms with Crippen LogP contribution in [0.4, 0.5) is 15.9 Å². The molecule has 164 valence electrons. The number of rotatable bonds is 4. The summed E-state index contributed by atoms with van der Waals surface area (Å²) < 4.78 is 14.0. The summed E-state index contributed by atoms with van der Waals surface area (Å²) in [6, 6.07) is 7.75. The molecular weight excluding hydrogens is 456 g/mol. The highest BCUT2D eigenvalue weighted by Crippen LogP contribution is 2.43.